The highest BCUT2D eigenvalue weighted by atomic mass is 32.2. The van der Waals surface area contributed by atoms with Gasteiger partial charge in [0.15, 0.2) is 5.16 Å². The molecule has 0 bridgehead atoms. The highest BCUT2D eigenvalue weighted by Gasteiger charge is 2.11. The van der Waals surface area contributed by atoms with Gasteiger partial charge in [-0.25, -0.2) is 4.98 Å². The topological polar surface area (TPSA) is 79.9 Å². The maximum Gasteiger partial charge on any atom is 0.230 e. The van der Waals surface area contributed by atoms with E-state index in [4.69, 9.17) is 4.74 Å². The zero-order valence-corrected chi connectivity index (χ0v) is 13.7. The lowest BCUT2D eigenvalue weighted by Gasteiger charge is -2.16. The Morgan fingerprint density at radius 3 is 2.91 bits per heavy atom. The number of thioether (sulfide) groups is 1. The van der Waals surface area contributed by atoms with E-state index in [0.29, 0.717) is 10.9 Å². The van der Waals surface area contributed by atoms with Crippen LogP contribution in [0.5, 0.6) is 5.75 Å². The standard InChI is InChI=1S/C15H20N4O2S/c1-10(2)21-13-6-4-5-12(7-13)11(3)18-14(20)8-22-15-16-9-17-19-15/h4-7,9-11H,8H2,1-3H3,(H,18,20)(H,16,17,19)/t11-/m0/s1. The molecule has 2 N–H and O–H groups in total. The first-order valence-corrected chi connectivity index (χ1v) is 8.07. The van der Waals surface area contributed by atoms with Crippen molar-refractivity contribution in [2.45, 2.75) is 38.1 Å². The summed E-state index contributed by atoms with van der Waals surface area (Å²) >= 11 is 1.32. The molecule has 1 atom stereocenters. The lowest BCUT2D eigenvalue weighted by molar-refractivity contribution is -0.119. The van der Waals surface area contributed by atoms with Crippen molar-refractivity contribution in [2.24, 2.45) is 0 Å². The molecule has 2 aromatic rings. The first-order chi connectivity index (χ1) is 10.5. The molecule has 6 nitrogen and oxygen atoms in total. The normalized spacial score (nSPS) is 12.2. The number of carbonyl (C=O) groups excluding carboxylic acids is 1. The van der Waals surface area contributed by atoms with E-state index in [9.17, 15) is 4.79 Å². The van der Waals surface area contributed by atoms with E-state index in [0.717, 1.165) is 11.3 Å². The van der Waals surface area contributed by atoms with Crippen LogP contribution in [0.15, 0.2) is 35.7 Å². The number of aromatic amines is 1. The maximum atomic E-state index is 12.0. The average molecular weight is 320 g/mol. The number of benzene rings is 1. The van der Waals surface area contributed by atoms with Crippen molar-refractivity contribution in [3.63, 3.8) is 0 Å². The van der Waals surface area contributed by atoms with Gasteiger partial charge in [0.05, 0.1) is 17.9 Å². The lowest BCUT2D eigenvalue weighted by atomic mass is 10.1. The smallest absolute Gasteiger partial charge is 0.230 e. The summed E-state index contributed by atoms with van der Waals surface area (Å²) in [4.78, 5) is 15.9. The minimum absolute atomic E-state index is 0.0518. The molecule has 0 aliphatic carbocycles. The summed E-state index contributed by atoms with van der Waals surface area (Å²) in [6.07, 6.45) is 1.54. The third kappa shape index (κ3) is 5.07. The van der Waals surface area contributed by atoms with Crippen LogP contribution in [0.1, 0.15) is 32.4 Å². The summed E-state index contributed by atoms with van der Waals surface area (Å²) < 4.78 is 5.67. The van der Waals surface area contributed by atoms with E-state index in [1.807, 2.05) is 45.0 Å². The first kappa shape index (κ1) is 16.4. The molecule has 118 valence electrons. The van der Waals surface area contributed by atoms with E-state index >= 15 is 0 Å². The van der Waals surface area contributed by atoms with Crippen LogP contribution >= 0.6 is 11.8 Å². The van der Waals surface area contributed by atoms with E-state index in [2.05, 4.69) is 20.5 Å². The summed E-state index contributed by atoms with van der Waals surface area (Å²) in [5.74, 6) is 1.05. The molecule has 0 spiro atoms. The Labute approximate surface area is 134 Å². The fraction of sp³-hybridized carbons (Fsp3) is 0.400. The van der Waals surface area contributed by atoms with Crippen molar-refractivity contribution in [1.82, 2.24) is 20.5 Å². The van der Waals surface area contributed by atoms with Crippen LogP contribution in [-0.2, 0) is 4.79 Å². The molecule has 1 amide bonds. The number of aromatic nitrogens is 3. The molecule has 0 saturated carbocycles. The second kappa shape index (κ2) is 7.84. The molecule has 22 heavy (non-hydrogen) atoms. The van der Waals surface area contributed by atoms with Crippen LogP contribution in [0.4, 0.5) is 0 Å². The Balaban J connectivity index is 1.88. The number of hydrogen-bond acceptors (Lipinski definition) is 5. The molecule has 0 saturated heterocycles. The fourth-order valence-corrected chi connectivity index (χ4v) is 2.48. The van der Waals surface area contributed by atoms with Gasteiger partial charge in [-0.2, -0.15) is 5.10 Å². The Hall–Kier alpha value is -2.02. The van der Waals surface area contributed by atoms with Crippen molar-refractivity contribution in [1.29, 1.82) is 0 Å². The number of H-pyrrole nitrogens is 1. The Bertz CT molecular complexity index is 601. The summed E-state index contributed by atoms with van der Waals surface area (Å²) in [5.41, 5.74) is 1.01. The molecule has 1 heterocycles. The van der Waals surface area contributed by atoms with Crippen LogP contribution in [0.25, 0.3) is 0 Å². The van der Waals surface area contributed by atoms with E-state index < -0.39 is 0 Å². The van der Waals surface area contributed by atoms with Gasteiger partial charge in [-0.3, -0.25) is 9.89 Å². The summed E-state index contributed by atoms with van der Waals surface area (Å²) in [6.45, 7) is 5.92. The highest BCUT2D eigenvalue weighted by Crippen LogP contribution is 2.20. The van der Waals surface area contributed by atoms with Crippen LogP contribution in [0.2, 0.25) is 0 Å². The summed E-state index contributed by atoms with van der Waals surface area (Å²) in [6, 6.07) is 7.69. The van der Waals surface area contributed by atoms with Gasteiger partial charge in [-0.1, -0.05) is 23.9 Å². The Morgan fingerprint density at radius 2 is 2.23 bits per heavy atom. The minimum Gasteiger partial charge on any atom is -0.491 e. The van der Waals surface area contributed by atoms with Gasteiger partial charge in [0.1, 0.15) is 12.1 Å². The SMILES string of the molecule is CC(C)Oc1cccc([C@H](C)NC(=O)CSc2ncn[nH]2)c1. The Morgan fingerprint density at radius 1 is 1.41 bits per heavy atom. The molecule has 0 radical (unpaired) electrons. The average Bonchev–Trinajstić information content (AvgIpc) is 2.98. The van der Waals surface area contributed by atoms with Gasteiger partial charge in [-0.05, 0) is 38.5 Å². The van der Waals surface area contributed by atoms with Gasteiger partial charge in [0.25, 0.3) is 0 Å². The molecule has 0 unspecified atom stereocenters. The zero-order chi connectivity index (χ0) is 15.9. The molecule has 0 fully saturated rings. The summed E-state index contributed by atoms with van der Waals surface area (Å²) in [7, 11) is 0. The number of nitrogens with zero attached hydrogens (tertiary/aromatic N) is 2. The van der Waals surface area contributed by atoms with Crippen molar-refractivity contribution in [3.8, 4) is 5.75 Å². The van der Waals surface area contributed by atoms with Crippen LogP contribution in [0, 0.1) is 0 Å². The second-order valence-electron chi connectivity index (χ2n) is 5.11. The van der Waals surface area contributed by atoms with Crippen molar-refractivity contribution in [3.05, 3.63) is 36.2 Å². The lowest BCUT2D eigenvalue weighted by Crippen LogP contribution is -2.28. The van der Waals surface area contributed by atoms with Gasteiger partial charge in [-0.15, -0.1) is 0 Å². The molecule has 1 aromatic carbocycles. The fourth-order valence-electron chi connectivity index (χ4n) is 1.89. The van der Waals surface area contributed by atoms with Gasteiger partial charge in [0.2, 0.25) is 5.91 Å². The molecule has 1 aromatic heterocycles. The predicted molar refractivity (Wildman–Crippen MR) is 85.9 cm³/mol. The van der Waals surface area contributed by atoms with Gasteiger partial charge < -0.3 is 10.1 Å². The van der Waals surface area contributed by atoms with Gasteiger partial charge in [0, 0.05) is 0 Å². The van der Waals surface area contributed by atoms with Crippen molar-refractivity contribution >= 4 is 17.7 Å². The number of amides is 1. The van der Waals surface area contributed by atoms with E-state index in [1.54, 1.807) is 0 Å². The number of rotatable bonds is 7. The Kier molecular flexibility index (Phi) is 5.83. The predicted octanol–water partition coefficient (Wildman–Crippen LogP) is 2.56. The maximum absolute atomic E-state index is 12.0. The summed E-state index contributed by atoms with van der Waals surface area (Å²) in [5, 5.41) is 10.0. The van der Waals surface area contributed by atoms with Crippen LogP contribution in [0.3, 0.4) is 0 Å². The van der Waals surface area contributed by atoms with Gasteiger partial charge >= 0.3 is 0 Å². The quantitative estimate of drug-likeness (QED) is 0.766. The molecular formula is C15H20N4O2S. The van der Waals surface area contributed by atoms with Crippen molar-refractivity contribution in [2.75, 3.05) is 5.75 Å². The van der Waals surface area contributed by atoms with Crippen LogP contribution < -0.4 is 10.1 Å². The molecule has 2 rings (SSSR count). The number of hydrogen-bond donors (Lipinski definition) is 2. The molecule has 0 aliphatic rings. The number of nitrogens with one attached hydrogen (secondary N) is 2. The molecule has 7 heteroatoms. The monoisotopic (exact) mass is 320 g/mol. The molecular weight excluding hydrogens is 300 g/mol. The third-order valence-electron chi connectivity index (χ3n) is 2.84. The largest absolute Gasteiger partial charge is 0.491 e. The van der Waals surface area contributed by atoms with Crippen molar-refractivity contribution < 1.29 is 9.53 Å². The van der Waals surface area contributed by atoms with E-state index in [-0.39, 0.29) is 18.1 Å². The minimum atomic E-state index is -0.0847. The highest BCUT2D eigenvalue weighted by molar-refractivity contribution is 7.99. The van der Waals surface area contributed by atoms with Crippen LogP contribution in [-0.4, -0.2) is 32.9 Å². The third-order valence-corrected chi connectivity index (χ3v) is 3.72. The first-order valence-electron chi connectivity index (χ1n) is 7.08. The number of ether oxygens (including phenoxy) is 1. The zero-order valence-electron chi connectivity index (χ0n) is 12.9. The second-order valence-corrected chi connectivity index (χ2v) is 6.07. The molecule has 0 aliphatic heterocycles. The van der Waals surface area contributed by atoms with E-state index in [1.165, 1.54) is 18.1 Å². The number of carbonyl (C=O) groups is 1.